The highest BCUT2D eigenvalue weighted by atomic mass is 16.5. The molecule has 0 bridgehead atoms. The molecule has 0 aromatic carbocycles. The molecule has 0 amide bonds. The Morgan fingerprint density at radius 3 is 2.62 bits per heavy atom. The van der Waals surface area contributed by atoms with Crippen molar-refractivity contribution >= 4 is 5.95 Å². The zero-order valence-corrected chi connectivity index (χ0v) is 10.4. The van der Waals surface area contributed by atoms with Crippen molar-refractivity contribution in [3.63, 3.8) is 0 Å². The SMILES string of the molecule is CC.CCc1ccnc(N2CCOCC2)n1. The summed E-state index contributed by atoms with van der Waals surface area (Å²) < 4.78 is 5.28. The second-order valence-corrected chi connectivity index (χ2v) is 3.30. The smallest absolute Gasteiger partial charge is 0.225 e. The molecule has 1 aliphatic rings. The zero-order chi connectivity index (χ0) is 11.8. The highest BCUT2D eigenvalue weighted by Crippen LogP contribution is 2.09. The molecule has 90 valence electrons. The van der Waals surface area contributed by atoms with Gasteiger partial charge in [-0.2, -0.15) is 0 Å². The molecule has 1 fully saturated rings. The Labute approximate surface area is 97.7 Å². The summed E-state index contributed by atoms with van der Waals surface area (Å²) in [5, 5.41) is 0. The number of hydrogen-bond donors (Lipinski definition) is 0. The zero-order valence-electron chi connectivity index (χ0n) is 10.4. The fourth-order valence-corrected chi connectivity index (χ4v) is 1.50. The van der Waals surface area contributed by atoms with Crippen LogP contribution in [0.4, 0.5) is 5.95 Å². The Kier molecular flexibility index (Phi) is 5.78. The van der Waals surface area contributed by atoms with Gasteiger partial charge in [0.2, 0.25) is 5.95 Å². The first-order valence-electron chi connectivity index (χ1n) is 6.05. The molecule has 1 aromatic heterocycles. The van der Waals surface area contributed by atoms with Crippen molar-refractivity contribution in [1.82, 2.24) is 9.97 Å². The van der Waals surface area contributed by atoms with Gasteiger partial charge >= 0.3 is 0 Å². The van der Waals surface area contributed by atoms with Crippen molar-refractivity contribution in [2.45, 2.75) is 27.2 Å². The van der Waals surface area contributed by atoms with Gasteiger partial charge in [-0.05, 0) is 12.5 Å². The summed E-state index contributed by atoms with van der Waals surface area (Å²) in [6, 6.07) is 1.96. The van der Waals surface area contributed by atoms with Gasteiger partial charge in [-0.15, -0.1) is 0 Å². The highest BCUT2D eigenvalue weighted by molar-refractivity contribution is 5.30. The van der Waals surface area contributed by atoms with Crippen LogP contribution in [0.5, 0.6) is 0 Å². The van der Waals surface area contributed by atoms with Gasteiger partial charge in [0.25, 0.3) is 0 Å². The number of anilines is 1. The van der Waals surface area contributed by atoms with Gasteiger partial charge in [-0.1, -0.05) is 20.8 Å². The predicted octanol–water partition coefficient (Wildman–Crippen LogP) is 1.90. The molecular formula is C12H21N3O. The van der Waals surface area contributed by atoms with Crippen LogP contribution in [-0.4, -0.2) is 36.3 Å². The molecule has 1 saturated heterocycles. The molecule has 0 N–H and O–H groups in total. The molecule has 0 unspecified atom stereocenters. The fourth-order valence-electron chi connectivity index (χ4n) is 1.50. The van der Waals surface area contributed by atoms with E-state index < -0.39 is 0 Å². The van der Waals surface area contributed by atoms with Crippen LogP contribution >= 0.6 is 0 Å². The van der Waals surface area contributed by atoms with E-state index in [1.54, 1.807) is 0 Å². The van der Waals surface area contributed by atoms with Gasteiger partial charge in [0, 0.05) is 25.0 Å². The van der Waals surface area contributed by atoms with Crippen LogP contribution in [0, 0.1) is 0 Å². The van der Waals surface area contributed by atoms with E-state index in [1.165, 1.54) is 0 Å². The maximum absolute atomic E-state index is 5.28. The standard InChI is InChI=1S/C10H15N3O.C2H6/c1-2-9-3-4-11-10(12-9)13-5-7-14-8-6-13;1-2/h3-4H,2,5-8H2,1H3;1-2H3. The third-order valence-electron chi connectivity index (χ3n) is 2.36. The second kappa shape index (κ2) is 7.17. The molecular weight excluding hydrogens is 202 g/mol. The van der Waals surface area contributed by atoms with E-state index in [9.17, 15) is 0 Å². The lowest BCUT2D eigenvalue weighted by Gasteiger charge is -2.26. The van der Waals surface area contributed by atoms with Gasteiger partial charge < -0.3 is 9.64 Å². The molecule has 0 saturated carbocycles. The van der Waals surface area contributed by atoms with Gasteiger partial charge in [0.1, 0.15) is 0 Å². The molecule has 0 radical (unpaired) electrons. The molecule has 4 heteroatoms. The minimum atomic E-state index is 0.777. The van der Waals surface area contributed by atoms with E-state index in [4.69, 9.17) is 4.74 Å². The number of morpholine rings is 1. The Morgan fingerprint density at radius 2 is 2.00 bits per heavy atom. The van der Waals surface area contributed by atoms with E-state index in [1.807, 2.05) is 26.1 Å². The van der Waals surface area contributed by atoms with E-state index in [-0.39, 0.29) is 0 Å². The van der Waals surface area contributed by atoms with E-state index in [0.717, 1.165) is 44.4 Å². The Bertz CT molecular complexity index is 298. The molecule has 1 aromatic rings. The quantitative estimate of drug-likeness (QED) is 0.767. The first-order chi connectivity index (χ1) is 7.90. The van der Waals surface area contributed by atoms with Gasteiger partial charge in [0.05, 0.1) is 13.2 Å². The summed E-state index contributed by atoms with van der Waals surface area (Å²) in [6.07, 6.45) is 2.79. The van der Waals surface area contributed by atoms with Crippen LogP contribution < -0.4 is 4.90 Å². The molecule has 16 heavy (non-hydrogen) atoms. The highest BCUT2D eigenvalue weighted by Gasteiger charge is 2.13. The van der Waals surface area contributed by atoms with Crippen molar-refractivity contribution in [1.29, 1.82) is 0 Å². The first-order valence-corrected chi connectivity index (χ1v) is 6.05. The van der Waals surface area contributed by atoms with Gasteiger partial charge in [0.15, 0.2) is 0 Å². The van der Waals surface area contributed by atoms with Crippen LogP contribution in [0.25, 0.3) is 0 Å². The average molecular weight is 223 g/mol. The average Bonchev–Trinajstić information content (AvgIpc) is 2.42. The second-order valence-electron chi connectivity index (χ2n) is 3.30. The van der Waals surface area contributed by atoms with E-state index in [2.05, 4.69) is 21.8 Å². The van der Waals surface area contributed by atoms with Crippen LogP contribution in [0.15, 0.2) is 12.3 Å². The Morgan fingerprint density at radius 1 is 1.31 bits per heavy atom. The summed E-state index contributed by atoms with van der Waals surface area (Å²) >= 11 is 0. The van der Waals surface area contributed by atoms with Crippen molar-refractivity contribution in [3.8, 4) is 0 Å². The third kappa shape index (κ3) is 3.45. The van der Waals surface area contributed by atoms with Gasteiger partial charge in [-0.25, -0.2) is 9.97 Å². The van der Waals surface area contributed by atoms with Crippen molar-refractivity contribution in [3.05, 3.63) is 18.0 Å². The van der Waals surface area contributed by atoms with Crippen LogP contribution in [0.2, 0.25) is 0 Å². The number of aromatic nitrogens is 2. The van der Waals surface area contributed by atoms with Crippen molar-refractivity contribution in [2.24, 2.45) is 0 Å². The summed E-state index contributed by atoms with van der Waals surface area (Å²) in [4.78, 5) is 10.9. The molecule has 0 aliphatic carbocycles. The minimum Gasteiger partial charge on any atom is -0.378 e. The van der Waals surface area contributed by atoms with Gasteiger partial charge in [-0.3, -0.25) is 0 Å². The van der Waals surface area contributed by atoms with Crippen molar-refractivity contribution in [2.75, 3.05) is 31.2 Å². The van der Waals surface area contributed by atoms with Crippen LogP contribution in [0.3, 0.4) is 0 Å². The lowest BCUT2D eigenvalue weighted by atomic mass is 10.3. The molecule has 0 atom stereocenters. The molecule has 2 heterocycles. The fraction of sp³-hybridized carbons (Fsp3) is 0.667. The lowest BCUT2D eigenvalue weighted by Crippen LogP contribution is -2.37. The molecule has 4 nitrogen and oxygen atoms in total. The Hall–Kier alpha value is -1.16. The largest absolute Gasteiger partial charge is 0.378 e. The lowest BCUT2D eigenvalue weighted by molar-refractivity contribution is 0.122. The van der Waals surface area contributed by atoms with Crippen LogP contribution in [-0.2, 0) is 11.2 Å². The predicted molar refractivity (Wildman–Crippen MR) is 65.8 cm³/mol. The monoisotopic (exact) mass is 223 g/mol. The molecule has 2 rings (SSSR count). The first kappa shape index (κ1) is 12.9. The summed E-state index contributed by atoms with van der Waals surface area (Å²) in [5.74, 6) is 0.840. The Balaban J connectivity index is 0.000000606. The van der Waals surface area contributed by atoms with Crippen LogP contribution in [0.1, 0.15) is 26.5 Å². The third-order valence-corrected chi connectivity index (χ3v) is 2.36. The number of rotatable bonds is 2. The number of nitrogens with zero attached hydrogens (tertiary/aromatic N) is 3. The summed E-state index contributed by atoms with van der Waals surface area (Å²) in [7, 11) is 0. The topological polar surface area (TPSA) is 38.2 Å². The number of ether oxygens (including phenoxy) is 1. The minimum absolute atomic E-state index is 0.777. The summed E-state index contributed by atoms with van der Waals surface area (Å²) in [6.45, 7) is 9.45. The maximum atomic E-state index is 5.28. The maximum Gasteiger partial charge on any atom is 0.225 e. The van der Waals surface area contributed by atoms with Crippen molar-refractivity contribution < 1.29 is 4.74 Å². The molecule has 1 aliphatic heterocycles. The molecule has 0 spiro atoms. The number of aryl methyl sites for hydroxylation is 1. The van der Waals surface area contributed by atoms with E-state index >= 15 is 0 Å². The number of hydrogen-bond acceptors (Lipinski definition) is 4. The summed E-state index contributed by atoms with van der Waals surface area (Å²) in [5.41, 5.74) is 1.10. The van der Waals surface area contributed by atoms with E-state index in [0.29, 0.717) is 0 Å². The normalized spacial score (nSPS) is 15.3.